The standard InChI is InChI=1S/C10H19F3N2OS/c1-7(2)15(6-10(11,12)13)9(16)8(14)4-5-17-3/h7-8H,4-6,14H2,1-3H3/t8-/m0/s1. The van der Waals surface area contributed by atoms with Gasteiger partial charge in [0.2, 0.25) is 5.91 Å². The van der Waals surface area contributed by atoms with Gasteiger partial charge in [-0.05, 0) is 32.3 Å². The first-order valence-electron chi connectivity index (χ1n) is 5.30. The topological polar surface area (TPSA) is 46.3 Å². The van der Waals surface area contributed by atoms with Crippen molar-refractivity contribution in [2.75, 3.05) is 18.6 Å². The van der Waals surface area contributed by atoms with E-state index in [1.54, 1.807) is 13.8 Å². The van der Waals surface area contributed by atoms with Gasteiger partial charge in [0.05, 0.1) is 6.04 Å². The van der Waals surface area contributed by atoms with Crippen molar-refractivity contribution in [2.24, 2.45) is 5.73 Å². The maximum absolute atomic E-state index is 12.3. The fraction of sp³-hybridized carbons (Fsp3) is 0.900. The van der Waals surface area contributed by atoms with Gasteiger partial charge in [-0.2, -0.15) is 24.9 Å². The normalized spacial score (nSPS) is 13.9. The maximum Gasteiger partial charge on any atom is 0.406 e. The zero-order valence-corrected chi connectivity index (χ0v) is 11.1. The lowest BCUT2D eigenvalue weighted by atomic mass is 10.2. The number of nitrogens with two attached hydrogens (primary N) is 1. The number of halogens is 3. The minimum absolute atomic E-state index is 0.390. The zero-order valence-electron chi connectivity index (χ0n) is 10.3. The van der Waals surface area contributed by atoms with Gasteiger partial charge in [-0.25, -0.2) is 0 Å². The van der Waals surface area contributed by atoms with Crippen LogP contribution in [0.1, 0.15) is 20.3 Å². The molecular formula is C10H19F3N2OS. The number of hydrogen-bond acceptors (Lipinski definition) is 3. The van der Waals surface area contributed by atoms with Crippen LogP contribution in [0.3, 0.4) is 0 Å². The molecular weight excluding hydrogens is 253 g/mol. The van der Waals surface area contributed by atoms with Crippen LogP contribution in [0.15, 0.2) is 0 Å². The summed E-state index contributed by atoms with van der Waals surface area (Å²) >= 11 is 1.51. The van der Waals surface area contributed by atoms with Crippen LogP contribution in [0.25, 0.3) is 0 Å². The smallest absolute Gasteiger partial charge is 0.330 e. The summed E-state index contributed by atoms with van der Waals surface area (Å²) in [6, 6.07) is -1.36. The summed E-state index contributed by atoms with van der Waals surface area (Å²) in [6.07, 6.45) is -2.15. The van der Waals surface area contributed by atoms with Gasteiger partial charge in [0.25, 0.3) is 0 Å². The number of carbonyl (C=O) groups is 1. The molecule has 0 rings (SSSR count). The minimum Gasteiger partial charge on any atom is -0.330 e. The Kier molecular flexibility index (Phi) is 6.92. The van der Waals surface area contributed by atoms with Gasteiger partial charge in [-0.3, -0.25) is 4.79 Å². The minimum atomic E-state index is -4.39. The Morgan fingerprint density at radius 2 is 1.94 bits per heavy atom. The number of nitrogens with zero attached hydrogens (tertiary/aromatic N) is 1. The second-order valence-corrected chi connectivity index (χ2v) is 5.05. The van der Waals surface area contributed by atoms with Crippen molar-refractivity contribution >= 4 is 17.7 Å². The molecule has 17 heavy (non-hydrogen) atoms. The molecule has 2 N–H and O–H groups in total. The summed E-state index contributed by atoms with van der Waals surface area (Å²) in [5.74, 6) is 0.0246. The molecule has 0 aliphatic rings. The molecule has 0 heterocycles. The van der Waals surface area contributed by atoms with Gasteiger partial charge < -0.3 is 10.6 Å². The molecule has 0 bridgehead atoms. The van der Waals surface area contributed by atoms with Crippen LogP contribution >= 0.6 is 11.8 Å². The van der Waals surface area contributed by atoms with Crippen LogP contribution in [0.5, 0.6) is 0 Å². The third-order valence-corrected chi connectivity index (χ3v) is 2.85. The summed E-state index contributed by atoms with van der Waals surface area (Å²) in [5, 5.41) is 0. The predicted octanol–water partition coefficient (Wildman–Crippen LogP) is 1.87. The van der Waals surface area contributed by atoms with Crippen LogP contribution in [0, 0.1) is 0 Å². The van der Waals surface area contributed by atoms with Crippen molar-refractivity contribution in [1.82, 2.24) is 4.90 Å². The van der Waals surface area contributed by atoms with Crippen molar-refractivity contribution in [3.8, 4) is 0 Å². The molecule has 0 aromatic rings. The van der Waals surface area contributed by atoms with Gasteiger partial charge in [0.1, 0.15) is 6.54 Å². The fourth-order valence-electron chi connectivity index (χ4n) is 1.29. The SMILES string of the molecule is CSCC[C@H](N)C(=O)N(CC(F)(F)F)C(C)C. The Bertz CT molecular complexity index is 246. The van der Waals surface area contributed by atoms with Crippen molar-refractivity contribution in [3.05, 3.63) is 0 Å². The molecule has 0 aromatic heterocycles. The number of thioether (sulfide) groups is 1. The van der Waals surface area contributed by atoms with E-state index in [-0.39, 0.29) is 0 Å². The zero-order chi connectivity index (χ0) is 13.6. The lowest BCUT2D eigenvalue weighted by molar-refractivity contribution is -0.165. The first kappa shape index (κ1) is 16.6. The first-order chi connectivity index (χ1) is 7.69. The molecule has 7 heteroatoms. The molecule has 0 radical (unpaired) electrons. The van der Waals surface area contributed by atoms with Crippen LogP contribution in [0.4, 0.5) is 13.2 Å². The van der Waals surface area contributed by atoms with E-state index in [1.807, 2.05) is 6.26 Å². The molecule has 0 fully saturated rings. The van der Waals surface area contributed by atoms with Gasteiger partial charge in [-0.1, -0.05) is 0 Å². The summed E-state index contributed by atoms with van der Waals surface area (Å²) in [6.45, 7) is 1.85. The van der Waals surface area contributed by atoms with E-state index >= 15 is 0 Å². The number of amides is 1. The van der Waals surface area contributed by atoms with Gasteiger partial charge in [0, 0.05) is 6.04 Å². The summed E-state index contributed by atoms with van der Waals surface area (Å²) in [7, 11) is 0. The van der Waals surface area contributed by atoms with E-state index < -0.39 is 30.7 Å². The van der Waals surface area contributed by atoms with Crippen molar-refractivity contribution < 1.29 is 18.0 Å². The van der Waals surface area contributed by atoms with Crippen molar-refractivity contribution in [3.63, 3.8) is 0 Å². The van der Waals surface area contributed by atoms with E-state index in [0.29, 0.717) is 12.2 Å². The molecule has 1 amide bonds. The predicted molar refractivity (Wildman–Crippen MR) is 63.9 cm³/mol. The molecule has 0 aliphatic carbocycles. The molecule has 1 atom stereocenters. The van der Waals surface area contributed by atoms with Gasteiger partial charge in [0.15, 0.2) is 0 Å². The van der Waals surface area contributed by atoms with E-state index in [0.717, 1.165) is 4.90 Å². The lowest BCUT2D eigenvalue weighted by Gasteiger charge is -2.30. The highest BCUT2D eigenvalue weighted by Gasteiger charge is 2.35. The number of alkyl halides is 3. The van der Waals surface area contributed by atoms with E-state index in [9.17, 15) is 18.0 Å². The van der Waals surface area contributed by atoms with E-state index in [2.05, 4.69) is 0 Å². The molecule has 0 aliphatic heterocycles. The number of rotatable bonds is 6. The lowest BCUT2D eigenvalue weighted by Crippen LogP contribution is -2.50. The highest BCUT2D eigenvalue weighted by atomic mass is 32.2. The second-order valence-electron chi connectivity index (χ2n) is 4.06. The third-order valence-electron chi connectivity index (χ3n) is 2.21. The average molecular weight is 272 g/mol. The Balaban J connectivity index is 4.54. The Labute approximate surface area is 104 Å². The van der Waals surface area contributed by atoms with E-state index in [4.69, 9.17) is 5.73 Å². The third kappa shape index (κ3) is 6.78. The van der Waals surface area contributed by atoms with E-state index in [1.165, 1.54) is 11.8 Å². The highest BCUT2D eigenvalue weighted by Crippen LogP contribution is 2.19. The van der Waals surface area contributed by atoms with Gasteiger partial charge in [-0.15, -0.1) is 0 Å². The first-order valence-corrected chi connectivity index (χ1v) is 6.70. The highest BCUT2D eigenvalue weighted by molar-refractivity contribution is 7.98. The largest absolute Gasteiger partial charge is 0.406 e. The van der Waals surface area contributed by atoms with Gasteiger partial charge >= 0.3 is 6.18 Å². The molecule has 0 unspecified atom stereocenters. The van der Waals surface area contributed by atoms with Crippen LogP contribution in [-0.4, -0.2) is 47.6 Å². The van der Waals surface area contributed by atoms with Crippen molar-refractivity contribution in [2.45, 2.75) is 38.5 Å². The fourth-order valence-corrected chi connectivity index (χ4v) is 1.78. The van der Waals surface area contributed by atoms with Crippen LogP contribution < -0.4 is 5.73 Å². The van der Waals surface area contributed by atoms with Crippen LogP contribution in [-0.2, 0) is 4.79 Å². The number of carbonyl (C=O) groups excluding carboxylic acids is 1. The molecule has 0 saturated carbocycles. The maximum atomic E-state index is 12.3. The monoisotopic (exact) mass is 272 g/mol. The Morgan fingerprint density at radius 1 is 1.41 bits per heavy atom. The quantitative estimate of drug-likeness (QED) is 0.803. The molecule has 3 nitrogen and oxygen atoms in total. The Morgan fingerprint density at radius 3 is 2.29 bits per heavy atom. The molecule has 0 saturated heterocycles. The second kappa shape index (κ2) is 7.10. The van der Waals surface area contributed by atoms with Crippen molar-refractivity contribution in [1.29, 1.82) is 0 Å². The Hall–Kier alpha value is -0.430. The number of hydrogen-bond donors (Lipinski definition) is 1. The van der Waals surface area contributed by atoms with Crippen LogP contribution in [0.2, 0.25) is 0 Å². The molecule has 0 spiro atoms. The molecule has 0 aromatic carbocycles. The average Bonchev–Trinajstić information content (AvgIpc) is 2.19. The summed E-state index contributed by atoms with van der Waals surface area (Å²) in [4.78, 5) is 12.5. The molecule has 102 valence electrons. The summed E-state index contributed by atoms with van der Waals surface area (Å²) in [5.41, 5.74) is 5.59. The summed E-state index contributed by atoms with van der Waals surface area (Å²) < 4.78 is 36.9.